The van der Waals surface area contributed by atoms with Crippen LogP contribution in [0.4, 0.5) is 0 Å². The van der Waals surface area contributed by atoms with E-state index in [1.165, 1.54) is 6.20 Å². The van der Waals surface area contributed by atoms with Crippen molar-refractivity contribution in [3.8, 4) is 0 Å². The second-order valence-corrected chi connectivity index (χ2v) is 2.56. The molecule has 1 heterocycles. The first-order valence-corrected chi connectivity index (χ1v) is 3.38. The molecule has 0 saturated carbocycles. The molecule has 0 aliphatic carbocycles. The molecule has 0 aliphatic rings. The molecule has 1 rings (SSSR count). The van der Waals surface area contributed by atoms with Gasteiger partial charge in [-0.15, -0.1) is 0 Å². The molecule has 11 heavy (non-hydrogen) atoms. The summed E-state index contributed by atoms with van der Waals surface area (Å²) in [4.78, 5) is 24.1. The third-order valence-corrected chi connectivity index (χ3v) is 1.54. The minimum atomic E-state index is -0.375. The number of rotatable bonds is 0. The van der Waals surface area contributed by atoms with Gasteiger partial charge < -0.3 is 4.98 Å². The molecule has 0 fully saturated rings. The molecule has 1 N–H and O–H groups in total. The molecule has 0 spiro atoms. The summed E-state index contributed by atoms with van der Waals surface area (Å²) in [5.41, 5.74) is -0.262. The molecule has 4 heteroatoms. The largest absolute Gasteiger partial charge is 0.329 e. The van der Waals surface area contributed by atoms with Crippen LogP contribution in [0.15, 0.2) is 21.9 Å². The molecule has 0 saturated heterocycles. The van der Waals surface area contributed by atoms with Gasteiger partial charge in [-0.2, -0.15) is 0 Å². The summed E-state index contributed by atoms with van der Waals surface area (Å²) in [5, 5.41) is -0.0475. The van der Waals surface area contributed by atoms with Gasteiger partial charge in [0.2, 0.25) is 11.0 Å². The Kier molecular flexibility index (Phi) is 2.10. The first-order chi connectivity index (χ1) is 5.11. The maximum atomic E-state index is 11.0. The Labute approximate surface area is 67.7 Å². The number of nitrogens with one attached hydrogen (secondary N) is 1. The highest BCUT2D eigenvalue weighted by Gasteiger charge is 1.96. The minimum Gasteiger partial charge on any atom is -0.329 e. The highest BCUT2D eigenvalue weighted by Crippen LogP contribution is 1.95. The Morgan fingerprint density at radius 1 is 1.45 bits per heavy atom. The predicted octanol–water partition coefficient (Wildman–Crippen LogP) is 0.697. The average molecular weight is 172 g/mol. The second-order valence-electron chi connectivity index (χ2n) is 2.16. The maximum absolute atomic E-state index is 11.0. The monoisotopic (exact) mass is 171 g/mol. The number of hydrogen-bond acceptors (Lipinski definition) is 2. The zero-order valence-corrected chi connectivity index (χ0v) is 6.61. The summed E-state index contributed by atoms with van der Waals surface area (Å²) >= 11 is 5.47. The molecule has 1 aromatic heterocycles. The Morgan fingerprint density at radius 3 is 2.73 bits per heavy atom. The van der Waals surface area contributed by atoms with Crippen molar-refractivity contribution >= 4 is 11.6 Å². The van der Waals surface area contributed by atoms with Crippen molar-refractivity contribution in [3.05, 3.63) is 43.4 Å². The van der Waals surface area contributed by atoms with Gasteiger partial charge in [-0.3, -0.25) is 9.59 Å². The van der Waals surface area contributed by atoms with Gasteiger partial charge in [-0.25, -0.2) is 0 Å². The fourth-order valence-corrected chi connectivity index (χ4v) is 0.904. The Morgan fingerprint density at radius 2 is 2.09 bits per heavy atom. The van der Waals surface area contributed by atoms with Crippen molar-refractivity contribution in [3.63, 3.8) is 0 Å². The molecule has 0 aliphatic heterocycles. The van der Waals surface area contributed by atoms with E-state index in [9.17, 15) is 9.59 Å². The van der Waals surface area contributed by atoms with E-state index in [0.29, 0.717) is 5.56 Å². The van der Waals surface area contributed by atoms with Crippen LogP contribution in [-0.2, 0) is 0 Å². The number of H-pyrrole nitrogens is 1. The number of aryl methyl sites for hydroxylation is 1. The molecule has 0 amide bonds. The van der Waals surface area contributed by atoms with E-state index in [1.54, 1.807) is 6.92 Å². The van der Waals surface area contributed by atoms with Gasteiger partial charge >= 0.3 is 0 Å². The van der Waals surface area contributed by atoms with E-state index < -0.39 is 0 Å². The zero-order chi connectivity index (χ0) is 8.43. The molecule has 0 aromatic carbocycles. The van der Waals surface area contributed by atoms with Gasteiger partial charge in [0.25, 0.3) is 0 Å². The molecule has 0 unspecified atom stereocenters. The Bertz CT molecular complexity index is 383. The highest BCUT2D eigenvalue weighted by atomic mass is 35.5. The van der Waals surface area contributed by atoms with Gasteiger partial charge in [-0.1, -0.05) is 11.6 Å². The van der Waals surface area contributed by atoms with Crippen molar-refractivity contribution < 1.29 is 0 Å². The second kappa shape index (κ2) is 2.88. The third kappa shape index (κ3) is 1.68. The molecule has 1 aromatic rings. The van der Waals surface area contributed by atoms with Crippen LogP contribution in [0, 0.1) is 6.92 Å². The van der Waals surface area contributed by atoms with Crippen LogP contribution in [0.5, 0.6) is 0 Å². The van der Waals surface area contributed by atoms with Crippen LogP contribution >= 0.6 is 11.6 Å². The first kappa shape index (κ1) is 8.01. The van der Waals surface area contributed by atoms with Crippen molar-refractivity contribution in [2.24, 2.45) is 0 Å². The first-order valence-electron chi connectivity index (χ1n) is 3.00. The molecule has 0 atom stereocenters. The number of aromatic nitrogens is 1. The SMILES string of the molecule is Cc1c[nH]c(=O)cc(Cl)c1=O. The van der Waals surface area contributed by atoms with Crippen molar-refractivity contribution in [1.29, 1.82) is 0 Å². The number of hydrogen-bond donors (Lipinski definition) is 1. The third-order valence-electron chi connectivity index (χ3n) is 1.26. The quantitative estimate of drug-likeness (QED) is 0.625. The van der Waals surface area contributed by atoms with Crippen LogP contribution in [0.25, 0.3) is 0 Å². The summed E-state index contributed by atoms with van der Waals surface area (Å²) < 4.78 is 0. The molecule has 0 radical (unpaired) electrons. The lowest BCUT2D eigenvalue weighted by atomic mass is 10.3. The lowest BCUT2D eigenvalue weighted by Crippen LogP contribution is -2.01. The Hall–Kier alpha value is -1.09. The van der Waals surface area contributed by atoms with Crippen LogP contribution in [0.2, 0.25) is 5.02 Å². The van der Waals surface area contributed by atoms with Gasteiger partial charge in [0.1, 0.15) is 0 Å². The summed E-state index contributed by atoms with van der Waals surface area (Å²) in [6, 6.07) is 1.07. The van der Waals surface area contributed by atoms with Gasteiger partial charge in [0.15, 0.2) is 0 Å². The van der Waals surface area contributed by atoms with Crippen LogP contribution in [0.1, 0.15) is 5.56 Å². The molecule has 0 bridgehead atoms. The number of aromatic amines is 1. The summed E-state index contributed by atoms with van der Waals surface area (Å²) in [6.45, 7) is 1.59. The molecular weight excluding hydrogens is 166 g/mol. The smallest absolute Gasteiger partial charge is 0.249 e. The zero-order valence-electron chi connectivity index (χ0n) is 5.85. The van der Waals surface area contributed by atoms with Crippen LogP contribution in [0.3, 0.4) is 0 Å². The Balaban J connectivity index is 3.70. The molecule has 58 valence electrons. The van der Waals surface area contributed by atoms with Gasteiger partial charge in [0.05, 0.1) is 5.02 Å². The van der Waals surface area contributed by atoms with E-state index >= 15 is 0 Å². The molecular formula is C7H6ClNO2. The summed E-state index contributed by atoms with van der Waals surface area (Å²) in [5.74, 6) is 0. The normalized spacial score (nSPS) is 9.64. The van der Waals surface area contributed by atoms with Crippen molar-refractivity contribution in [2.45, 2.75) is 6.92 Å². The van der Waals surface area contributed by atoms with E-state index in [2.05, 4.69) is 4.98 Å². The summed E-state index contributed by atoms with van der Waals surface area (Å²) in [7, 11) is 0. The predicted molar refractivity (Wildman–Crippen MR) is 43.1 cm³/mol. The van der Waals surface area contributed by atoms with E-state index in [0.717, 1.165) is 6.07 Å². The average Bonchev–Trinajstić information content (AvgIpc) is 2.05. The van der Waals surface area contributed by atoms with E-state index in [1.807, 2.05) is 0 Å². The topological polar surface area (TPSA) is 49.9 Å². The van der Waals surface area contributed by atoms with E-state index in [4.69, 9.17) is 11.6 Å². The van der Waals surface area contributed by atoms with Crippen molar-refractivity contribution in [2.75, 3.05) is 0 Å². The summed E-state index contributed by atoms with van der Waals surface area (Å²) in [6.07, 6.45) is 1.34. The fourth-order valence-electron chi connectivity index (χ4n) is 0.656. The standard InChI is InChI=1S/C7H6ClNO2/c1-4-3-9-6(10)2-5(8)7(4)11/h2-3H,1H3,(H,9,10). The van der Waals surface area contributed by atoms with Gasteiger partial charge in [-0.05, 0) is 6.92 Å². The van der Waals surface area contributed by atoms with Crippen LogP contribution < -0.4 is 11.0 Å². The van der Waals surface area contributed by atoms with E-state index in [-0.39, 0.29) is 16.0 Å². The minimum absolute atomic E-state index is 0.0475. The van der Waals surface area contributed by atoms with Crippen LogP contribution in [-0.4, -0.2) is 4.98 Å². The lowest BCUT2D eigenvalue weighted by molar-refractivity contribution is 1.24. The number of halogens is 1. The maximum Gasteiger partial charge on any atom is 0.249 e. The molecule has 3 nitrogen and oxygen atoms in total. The fraction of sp³-hybridized carbons (Fsp3) is 0.143. The van der Waals surface area contributed by atoms with Gasteiger partial charge in [0, 0.05) is 17.8 Å². The van der Waals surface area contributed by atoms with Crippen molar-refractivity contribution in [1.82, 2.24) is 4.98 Å². The lowest BCUT2D eigenvalue weighted by Gasteiger charge is -1.78. The highest BCUT2D eigenvalue weighted by molar-refractivity contribution is 6.30.